The van der Waals surface area contributed by atoms with Gasteiger partial charge in [-0.1, -0.05) is 6.92 Å². The Bertz CT molecular complexity index is 486. The number of carbonyl (C=O) groups excluding carboxylic acids is 1. The summed E-state index contributed by atoms with van der Waals surface area (Å²) in [5.74, 6) is -1.41. The van der Waals surface area contributed by atoms with Gasteiger partial charge in [-0.3, -0.25) is 14.6 Å². The van der Waals surface area contributed by atoms with Crippen molar-refractivity contribution in [1.29, 1.82) is 0 Å². The lowest BCUT2D eigenvalue weighted by molar-refractivity contribution is -0.142. The summed E-state index contributed by atoms with van der Waals surface area (Å²) in [5.41, 5.74) is 6.72. The van der Waals surface area contributed by atoms with Crippen LogP contribution in [0, 0.1) is 11.8 Å². The molecule has 1 aromatic rings. The lowest BCUT2D eigenvalue weighted by atomic mass is 9.99. The van der Waals surface area contributed by atoms with Crippen LogP contribution in [0.25, 0.3) is 0 Å². The van der Waals surface area contributed by atoms with E-state index in [-0.39, 0.29) is 24.8 Å². The van der Waals surface area contributed by atoms with Gasteiger partial charge in [0.15, 0.2) is 0 Å². The summed E-state index contributed by atoms with van der Waals surface area (Å²) < 4.78 is 0. The summed E-state index contributed by atoms with van der Waals surface area (Å²) in [4.78, 5) is 28.8. The van der Waals surface area contributed by atoms with Crippen LogP contribution in [0.4, 0.5) is 5.69 Å². The number of aliphatic carboxylic acids is 1. The van der Waals surface area contributed by atoms with E-state index < -0.39 is 11.9 Å². The van der Waals surface area contributed by atoms with Crippen molar-refractivity contribution in [2.24, 2.45) is 11.8 Å². The predicted molar refractivity (Wildman–Crippen MR) is 69.2 cm³/mol. The zero-order valence-electron chi connectivity index (χ0n) is 10.7. The number of rotatable bonds is 3. The van der Waals surface area contributed by atoms with Crippen molar-refractivity contribution in [3.8, 4) is 0 Å². The minimum Gasteiger partial charge on any atom is -0.481 e. The van der Waals surface area contributed by atoms with Crippen molar-refractivity contribution in [2.45, 2.75) is 13.3 Å². The number of carboxylic acid groups (broad SMARTS) is 1. The number of carbonyl (C=O) groups is 2. The van der Waals surface area contributed by atoms with Gasteiger partial charge in [0.25, 0.3) is 0 Å². The summed E-state index contributed by atoms with van der Waals surface area (Å²) in [6.07, 6.45) is 1.69. The van der Waals surface area contributed by atoms with Gasteiger partial charge in [-0.15, -0.1) is 0 Å². The minimum absolute atomic E-state index is 0.0131. The average Bonchev–Trinajstić information content (AvgIpc) is 2.74. The first kappa shape index (κ1) is 13.3. The molecular formula is C13H17N3O3. The van der Waals surface area contributed by atoms with Gasteiger partial charge in [0, 0.05) is 18.8 Å². The van der Waals surface area contributed by atoms with E-state index in [2.05, 4.69) is 4.98 Å². The van der Waals surface area contributed by atoms with Crippen molar-refractivity contribution in [3.63, 3.8) is 0 Å². The second-order valence-corrected chi connectivity index (χ2v) is 4.98. The van der Waals surface area contributed by atoms with Crippen LogP contribution in [-0.2, 0) is 16.0 Å². The average molecular weight is 263 g/mol. The molecular weight excluding hydrogens is 246 g/mol. The minimum atomic E-state index is -0.839. The Kier molecular flexibility index (Phi) is 3.69. The van der Waals surface area contributed by atoms with E-state index in [9.17, 15) is 9.59 Å². The quantitative estimate of drug-likeness (QED) is 0.822. The number of carboxylic acids is 1. The molecule has 1 saturated heterocycles. The molecule has 2 atom stereocenters. The normalized spacial score (nSPS) is 22.5. The second kappa shape index (κ2) is 5.26. The van der Waals surface area contributed by atoms with Gasteiger partial charge in [-0.2, -0.15) is 0 Å². The molecule has 0 bridgehead atoms. The van der Waals surface area contributed by atoms with Gasteiger partial charge in [0.2, 0.25) is 5.91 Å². The molecule has 0 aliphatic carbocycles. The molecule has 0 spiro atoms. The Labute approximate surface area is 111 Å². The number of aromatic nitrogens is 1. The van der Waals surface area contributed by atoms with Gasteiger partial charge < -0.3 is 15.7 Å². The first-order chi connectivity index (χ1) is 8.97. The Hall–Kier alpha value is -2.11. The molecule has 6 heteroatoms. The molecule has 0 aromatic carbocycles. The number of nitrogens with zero attached hydrogens (tertiary/aromatic N) is 2. The number of hydrogen-bond acceptors (Lipinski definition) is 4. The van der Waals surface area contributed by atoms with Gasteiger partial charge >= 0.3 is 5.97 Å². The number of nitrogens with two attached hydrogens (primary N) is 1. The highest BCUT2D eigenvalue weighted by Gasteiger charge is 2.36. The predicted octanol–water partition coefficient (Wildman–Crippen LogP) is 0.385. The number of amides is 1. The third kappa shape index (κ3) is 3.01. The molecule has 1 aliphatic heterocycles. The molecule has 6 nitrogen and oxygen atoms in total. The smallest absolute Gasteiger partial charge is 0.308 e. The van der Waals surface area contributed by atoms with E-state index in [1.54, 1.807) is 17.0 Å². The van der Waals surface area contributed by atoms with Crippen LogP contribution in [-0.4, -0.2) is 40.0 Å². The summed E-state index contributed by atoms with van der Waals surface area (Å²) in [5, 5.41) is 9.04. The third-order valence-corrected chi connectivity index (χ3v) is 3.46. The fourth-order valence-electron chi connectivity index (χ4n) is 2.30. The molecule has 2 unspecified atom stereocenters. The van der Waals surface area contributed by atoms with E-state index in [1.807, 2.05) is 6.92 Å². The monoisotopic (exact) mass is 263 g/mol. The topological polar surface area (TPSA) is 96.5 Å². The van der Waals surface area contributed by atoms with Crippen molar-refractivity contribution in [1.82, 2.24) is 9.88 Å². The fraction of sp³-hybridized carbons (Fsp3) is 0.462. The second-order valence-electron chi connectivity index (χ2n) is 4.98. The highest BCUT2D eigenvalue weighted by Crippen LogP contribution is 2.23. The fourth-order valence-corrected chi connectivity index (χ4v) is 2.30. The molecule has 2 heterocycles. The summed E-state index contributed by atoms with van der Waals surface area (Å²) in [6.45, 7) is 2.63. The molecule has 0 radical (unpaired) electrons. The molecule has 1 aromatic heterocycles. The Morgan fingerprint density at radius 3 is 2.74 bits per heavy atom. The Morgan fingerprint density at radius 2 is 2.21 bits per heavy atom. The zero-order valence-corrected chi connectivity index (χ0v) is 10.7. The van der Waals surface area contributed by atoms with E-state index in [0.717, 1.165) is 0 Å². The molecule has 102 valence electrons. The van der Waals surface area contributed by atoms with Gasteiger partial charge in [0.05, 0.1) is 24.2 Å². The van der Waals surface area contributed by atoms with E-state index in [1.165, 1.54) is 6.20 Å². The number of nitrogen functional groups attached to an aromatic ring is 1. The lowest BCUT2D eigenvalue weighted by Gasteiger charge is -2.15. The Balaban J connectivity index is 1.98. The maximum Gasteiger partial charge on any atom is 0.308 e. The van der Waals surface area contributed by atoms with E-state index in [4.69, 9.17) is 10.8 Å². The van der Waals surface area contributed by atoms with Crippen LogP contribution in [0.15, 0.2) is 18.3 Å². The molecule has 1 fully saturated rings. The van der Waals surface area contributed by atoms with Crippen molar-refractivity contribution >= 4 is 17.6 Å². The van der Waals surface area contributed by atoms with Crippen LogP contribution >= 0.6 is 0 Å². The summed E-state index contributed by atoms with van der Waals surface area (Å²) >= 11 is 0. The standard InChI is InChI=1S/C13H17N3O3/c1-8-6-16(7-11(8)13(18)19)12(17)4-10-3-2-9(14)5-15-10/h2-3,5,8,11H,4,6-7,14H2,1H3,(H,18,19). The molecule has 3 N–H and O–H groups in total. The van der Waals surface area contributed by atoms with Gasteiger partial charge in [-0.05, 0) is 18.1 Å². The van der Waals surface area contributed by atoms with E-state index in [0.29, 0.717) is 17.9 Å². The SMILES string of the molecule is CC1CN(C(=O)Cc2ccc(N)cn2)CC1C(=O)O. The largest absolute Gasteiger partial charge is 0.481 e. The highest BCUT2D eigenvalue weighted by molar-refractivity contribution is 5.80. The molecule has 1 aliphatic rings. The summed E-state index contributed by atoms with van der Waals surface area (Å²) in [7, 11) is 0. The van der Waals surface area contributed by atoms with Crippen molar-refractivity contribution in [3.05, 3.63) is 24.0 Å². The molecule has 0 saturated carbocycles. The summed E-state index contributed by atoms with van der Waals surface area (Å²) in [6, 6.07) is 3.41. The maximum absolute atomic E-state index is 12.1. The number of likely N-dealkylation sites (tertiary alicyclic amines) is 1. The first-order valence-corrected chi connectivity index (χ1v) is 6.18. The maximum atomic E-state index is 12.1. The van der Waals surface area contributed by atoms with Crippen LogP contribution < -0.4 is 5.73 Å². The molecule has 2 rings (SSSR count). The third-order valence-electron chi connectivity index (χ3n) is 3.46. The van der Waals surface area contributed by atoms with Crippen LogP contribution in [0.1, 0.15) is 12.6 Å². The highest BCUT2D eigenvalue weighted by atomic mass is 16.4. The number of hydrogen-bond donors (Lipinski definition) is 2. The first-order valence-electron chi connectivity index (χ1n) is 6.18. The molecule has 19 heavy (non-hydrogen) atoms. The zero-order chi connectivity index (χ0) is 14.0. The Morgan fingerprint density at radius 1 is 1.47 bits per heavy atom. The van der Waals surface area contributed by atoms with Crippen LogP contribution in [0.3, 0.4) is 0 Å². The van der Waals surface area contributed by atoms with Crippen LogP contribution in [0.5, 0.6) is 0 Å². The van der Waals surface area contributed by atoms with Crippen molar-refractivity contribution < 1.29 is 14.7 Å². The van der Waals surface area contributed by atoms with Gasteiger partial charge in [-0.25, -0.2) is 0 Å². The van der Waals surface area contributed by atoms with Crippen LogP contribution in [0.2, 0.25) is 0 Å². The lowest BCUT2D eigenvalue weighted by Crippen LogP contribution is -2.31. The van der Waals surface area contributed by atoms with Gasteiger partial charge in [0.1, 0.15) is 0 Å². The van der Waals surface area contributed by atoms with E-state index >= 15 is 0 Å². The van der Waals surface area contributed by atoms with Crippen molar-refractivity contribution in [2.75, 3.05) is 18.8 Å². The molecule has 1 amide bonds. The number of pyridine rings is 1. The number of anilines is 1.